The first-order valence-electron chi connectivity index (χ1n) is 5.72. The third kappa shape index (κ3) is 2.93. The summed E-state index contributed by atoms with van der Waals surface area (Å²) in [4.78, 5) is 5.83. The van der Waals surface area contributed by atoms with E-state index in [0.717, 1.165) is 13.1 Å². The van der Waals surface area contributed by atoms with E-state index in [1.54, 1.807) is 0 Å². The molecular weight excluding hydrogens is 287 g/mol. The van der Waals surface area contributed by atoms with Gasteiger partial charge >= 0.3 is 51.4 Å². The molecule has 0 aromatic heterocycles. The minimum absolute atomic E-state index is 0. The fraction of sp³-hybridized carbons (Fsp3) is 0.583. The number of nitriles is 2. The molecule has 1 saturated heterocycles. The van der Waals surface area contributed by atoms with Crippen LogP contribution in [0.1, 0.15) is 12.8 Å². The van der Waals surface area contributed by atoms with E-state index in [-0.39, 0.29) is 56.4 Å². The van der Waals surface area contributed by atoms with Gasteiger partial charge in [0.05, 0.1) is 23.6 Å². The number of aliphatic imine (C=N–C) groups is 1. The zero-order valence-corrected chi connectivity index (χ0v) is 15.1. The molecule has 94 valence electrons. The summed E-state index contributed by atoms with van der Waals surface area (Å²) in [6, 6.07) is 4.13. The van der Waals surface area contributed by atoms with Gasteiger partial charge in [-0.3, -0.25) is 4.99 Å². The van der Waals surface area contributed by atoms with Crippen LogP contribution >= 0.6 is 12.6 Å². The Balaban J connectivity index is 0.00000180. The van der Waals surface area contributed by atoms with Gasteiger partial charge in [-0.1, -0.05) is 0 Å². The molecule has 7 heteroatoms. The predicted octanol–water partition coefficient (Wildman–Crippen LogP) is -2.72. The molecule has 19 heavy (non-hydrogen) atoms. The molecule has 0 aliphatic carbocycles. The van der Waals surface area contributed by atoms with E-state index in [4.69, 9.17) is 0 Å². The summed E-state index contributed by atoms with van der Waals surface area (Å²) in [5.41, 5.74) is -0.295. The van der Waals surface area contributed by atoms with Crippen molar-refractivity contribution >= 4 is 18.5 Å². The van der Waals surface area contributed by atoms with E-state index < -0.39 is 17.2 Å². The summed E-state index contributed by atoms with van der Waals surface area (Å²) in [5, 5.41) is 30.6. The molecule has 2 aliphatic heterocycles. The molecule has 5 nitrogen and oxygen atoms in total. The zero-order chi connectivity index (χ0) is 13.3. The molecule has 0 amide bonds. The minimum Gasteiger partial charge on any atom is -0.861 e. The van der Waals surface area contributed by atoms with Gasteiger partial charge in [-0.2, -0.15) is 10.5 Å². The van der Waals surface area contributed by atoms with Gasteiger partial charge in [0.2, 0.25) is 0 Å². The van der Waals surface area contributed by atoms with Crippen molar-refractivity contribution in [3.63, 3.8) is 0 Å². The van der Waals surface area contributed by atoms with Crippen molar-refractivity contribution in [2.75, 3.05) is 20.1 Å². The maximum absolute atomic E-state index is 11.9. The number of hydrogen-bond acceptors (Lipinski definition) is 6. The maximum atomic E-state index is 11.9. The van der Waals surface area contributed by atoms with E-state index in [2.05, 4.69) is 28.6 Å². The molecule has 0 bridgehead atoms. The minimum atomic E-state index is -0.850. The third-order valence-electron chi connectivity index (χ3n) is 3.86. The Morgan fingerprint density at radius 2 is 2.00 bits per heavy atom. The van der Waals surface area contributed by atoms with Crippen molar-refractivity contribution in [3.8, 4) is 12.1 Å². The average Bonchev–Trinajstić information content (AvgIpc) is 2.33. The van der Waals surface area contributed by atoms with Crippen LogP contribution in [0.15, 0.2) is 15.6 Å². The van der Waals surface area contributed by atoms with Gasteiger partial charge in [0, 0.05) is 5.41 Å². The van der Waals surface area contributed by atoms with E-state index in [1.165, 1.54) is 0 Å². The van der Waals surface area contributed by atoms with Crippen LogP contribution in [0.2, 0.25) is 0 Å². The van der Waals surface area contributed by atoms with Crippen LogP contribution in [0.4, 0.5) is 0 Å². The van der Waals surface area contributed by atoms with Crippen LogP contribution in [0, 0.1) is 34.0 Å². The van der Waals surface area contributed by atoms with Crippen molar-refractivity contribution in [1.82, 2.24) is 4.90 Å². The Hall–Kier alpha value is 0.136. The van der Waals surface area contributed by atoms with Crippen molar-refractivity contribution in [2.45, 2.75) is 12.8 Å². The summed E-state index contributed by atoms with van der Waals surface area (Å²) in [7, 11) is 1.99. The quantitative estimate of drug-likeness (QED) is 0.389. The first-order valence-corrected chi connectivity index (χ1v) is 6.17. The molecule has 1 unspecified atom stereocenters. The number of allylic oxidation sites excluding steroid dienone is 1. The number of hydrogen-bond donors (Lipinski definition) is 1. The molecule has 2 heterocycles. The van der Waals surface area contributed by atoms with Crippen molar-refractivity contribution in [1.29, 1.82) is 10.5 Å². The summed E-state index contributed by atoms with van der Waals surface area (Å²) >= 11 is 4.13. The van der Waals surface area contributed by atoms with Gasteiger partial charge in [0.1, 0.15) is 5.03 Å². The second-order valence-electron chi connectivity index (χ2n) is 4.78. The van der Waals surface area contributed by atoms with Crippen LogP contribution < -0.4 is 56.5 Å². The molecule has 1 fully saturated rings. The molecule has 0 saturated carbocycles. The Morgan fingerprint density at radius 3 is 2.47 bits per heavy atom. The molecule has 0 aromatic rings. The largest absolute Gasteiger partial charge is 1.00 e. The monoisotopic (exact) mass is 300 g/mol. The van der Waals surface area contributed by atoms with Crippen molar-refractivity contribution in [3.05, 3.63) is 10.6 Å². The number of piperidine rings is 1. The summed E-state index contributed by atoms with van der Waals surface area (Å²) in [6.07, 6.45) is 1.24. The predicted molar refractivity (Wildman–Crippen MR) is 67.3 cm³/mol. The van der Waals surface area contributed by atoms with Gasteiger partial charge in [0.15, 0.2) is 0 Å². The van der Waals surface area contributed by atoms with Gasteiger partial charge < -0.3 is 10.0 Å². The van der Waals surface area contributed by atoms with Crippen LogP contribution in [0.5, 0.6) is 0 Å². The molecule has 0 aromatic carbocycles. The van der Waals surface area contributed by atoms with Gasteiger partial charge in [0.25, 0.3) is 0 Å². The number of rotatable bonds is 0. The Morgan fingerprint density at radius 1 is 1.42 bits per heavy atom. The molecule has 2 aliphatic rings. The van der Waals surface area contributed by atoms with E-state index in [0.29, 0.717) is 18.4 Å². The van der Waals surface area contributed by atoms with Crippen molar-refractivity contribution < 1.29 is 56.5 Å². The molecule has 1 atom stereocenters. The second-order valence-corrected chi connectivity index (χ2v) is 5.21. The summed E-state index contributed by atoms with van der Waals surface area (Å²) in [6.45, 7) is 1.52. The maximum Gasteiger partial charge on any atom is 1.00 e. The first-order chi connectivity index (χ1) is 8.55. The van der Waals surface area contributed by atoms with Gasteiger partial charge in [-0.05, 0) is 38.9 Å². The summed E-state index contributed by atoms with van der Waals surface area (Å²) < 4.78 is 0. The first kappa shape index (κ1) is 17.2. The molecule has 1 spiro atoms. The second kappa shape index (κ2) is 6.73. The third-order valence-corrected chi connectivity index (χ3v) is 4.18. The Bertz CT molecular complexity index is 509. The Labute approximate surface area is 160 Å². The number of nitrogens with zero attached hydrogens (tertiary/aromatic N) is 4. The van der Waals surface area contributed by atoms with Crippen LogP contribution in [0.3, 0.4) is 0 Å². The normalized spacial score (nSPS) is 26.1. The smallest absolute Gasteiger partial charge is 0.861 e. The van der Waals surface area contributed by atoms with Crippen molar-refractivity contribution in [2.24, 2.45) is 16.3 Å². The summed E-state index contributed by atoms with van der Waals surface area (Å²) in [5.74, 6) is -1.32. The van der Waals surface area contributed by atoms with E-state index >= 15 is 0 Å². The fourth-order valence-corrected chi connectivity index (χ4v) is 3.10. The molecule has 0 N–H and O–H groups in total. The molecule has 2 rings (SSSR count). The van der Waals surface area contributed by atoms with E-state index in [9.17, 15) is 15.6 Å². The SMILES string of the molecule is CN1CCC2(CC1)C(C#N)=C(S)N=C([O-])C2C#N.[K+]. The zero-order valence-electron chi connectivity index (χ0n) is 11.1. The van der Waals surface area contributed by atoms with E-state index in [1.807, 2.05) is 13.1 Å². The fourth-order valence-electron chi connectivity index (χ4n) is 2.72. The average molecular weight is 300 g/mol. The standard InChI is InChI=1S/C12H14N4OS.K/c1-16-4-2-12(3-5-16)8(6-13)10(17)15-11(18)9(12)7-14;/h8,18H,2-5H2,1H3,(H,15,17);/q;+1/p-1. The molecule has 0 radical (unpaired) electrons. The van der Waals surface area contributed by atoms with Crippen LogP contribution in [-0.2, 0) is 0 Å². The van der Waals surface area contributed by atoms with Crippen LogP contribution in [0.25, 0.3) is 0 Å². The molecular formula is C12H13KN4OS. The Kier molecular flexibility index (Phi) is 6.09. The van der Waals surface area contributed by atoms with Gasteiger partial charge in [-0.15, -0.1) is 12.6 Å². The number of thiol groups is 1. The van der Waals surface area contributed by atoms with Gasteiger partial charge in [-0.25, -0.2) is 0 Å². The number of likely N-dealkylation sites (tertiary alicyclic amines) is 1. The van der Waals surface area contributed by atoms with Crippen LogP contribution in [-0.4, -0.2) is 30.9 Å². The topological polar surface area (TPSA) is 86.2 Å².